The Hall–Kier alpha value is -3.66. The van der Waals surface area contributed by atoms with Crippen molar-refractivity contribution in [3.8, 4) is 17.2 Å². The van der Waals surface area contributed by atoms with Gasteiger partial charge in [-0.25, -0.2) is 4.79 Å². The average Bonchev–Trinajstić information content (AvgIpc) is 3.06. The molecule has 0 atom stereocenters. The number of aromatic amines is 1. The lowest BCUT2D eigenvalue weighted by Gasteiger charge is -2.04. The summed E-state index contributed by atoms with van der Waals surface area (Å²) in [7, 11) is 0. The Bertz CT molecular complexity index is 1030. The Morgan fingerprint density at radius 3 is 2.80 bits per heavy atom. The standard InChI is InChI=1S/C18H13N3O4/c1-2-25-18(22)15-9-14-13(12-5-3-4-11(8-12)10-19)6-7-16(21(23)24)17(14)20-15/h3-9,20H,2H2,1H3. The van der Waals surface area contributed by atoms with Crippen LogP contribution in [-0.4, -0.2) is 22.5 Å². The summed E-state index contributed by atoms with van der Waals surface area (Å²) >= 11 is 0. The SMILES string of the molecule is CCOC(=O)c1cc2c(-c3cccc(C#N)c3)ccc([N+](=O)[O-])c2[nH]1. The van der Waals surface area contributed by atoms with Crippen LogP contribution in [0, 0.1) is 21.4 Å². The molecule has 0 unspecified atom stereocenters. The van der Waals surface area contributed by atoms with E-state index in [-0.39, 0.29) is 23.5 Å². The van der Waals surface area contributed by atoms with Gasteiger partial charge in [-0.1, -0.05) is 12.1 Å². The highest BCUT2D eigenvalue weighted by Gasteiger charge is 2.21. The van der Waals surface area contributed by atoms with Crippen molar-refractivity contribution in [1.82, 2.24) is 4.98 Å². The molecule has 0 aliphatic heterocycles. The zero-order valence-electron chi connectivity index (χ0n) is 13.3. The molecule has 0 bridgehead atoms. The van der Waals surface area contributed by atoms with Gasteiger partial charge >= 0.3 is 5.97 Å². The van der Waals surface area contributed by atoms with Crippen molar-refractivity contribution in [2.75, 3.05) is 6.61 Å². The molecule has 7 heteroatoms. The van der Waals surface area contributed by atoms with E-state index in [1.807, 2.05) is 0 Å². The normalized spacial score (nSPS) is 10.4. The molecule has 2 aromatic carbocycles. The van der Waals surface area contributed by atoms with Crippen LogP contribution in [0.2, 0.25) is 0 Å². The quantitative estimate of drug-likeness (QED) is 0.443. The maximum absolute atomic E-state index is 12.0. The Labute approximate surface area is 142 Å². The molecule has 7 nitrogen and oxygen atoms in total. The predicted molar refractivity (Wildman–Crippen MR) is 91.1 cm³/mol. The van der Waals surface area contributed by atoms with E-state index in [1.54, 1.807) is 37.3 Å². The van der Waals surface area contributed by atoms with Gasteiger partial charge in [0.15, 0.2) is 0 Å². The molecule has 0 aliphatic rings. The summed E-state index contributed by atoms with van der Waals surface area (Å²) < 4.78 is 4.96. The first-order valence-electron chi connectivity index (χ1n) is 7.53. The Morgan fingerprint density at radius 2 is 2.12 bits per heavy atom. The minimum absolute atomic E-state index is 0.134. The first-order valence-corrected chi connectivity index (χ1v) is 7.53. The van der Waals surface area contributed by atoms with Gasteiger partial charge in [0.2, 0.25) is 0 Å². The lowest BCUT2D eigenvalue weighted by Crippen LogP contribution is -2.04. The number of nitro benzene ring substituents is 1. The van der Waals surface area contributed by atoms with E-state index in [4.69, 9.17) is 10.00 Å². The number of nitriles is 1. The van der Waals surface area contributed by atoms with Gasteiger partial charge in [0, 0.05) is 11.5 Å². The van der Waals surface area contributed by atoms with Gasteiger partial charge in [-0.15, -0.1) is 0 Å². The minimum atomic E-state index is -0.579. The molecule has 0 fully saturated rings. The lowest BCUT2D eigenvalue weighted by atomic mass is 9.99. The molecule has 1 aromatic heterocycles. The van der Waals surface area contributed by atoms with E-state index >= 15 is 0 Å². The van der Waals surface area contributed by atoms with Crippen molar-refractivity contribution >= 4 is 22.6 Å². The number of carbonyl (C=O) groups is 1. The Morgan fingerprint density at radius 1 is 1.32 bits per heavy atom. The largest absolute Gasteiger partial charge is 0.461 e. The molecule has 3 rings (SSSR count). The number of nitrogens with one attached hydrogen (secondary N) is 1. The van der Waals surface area contributed by atoms with Crippen LogP contribution in [0.25, 0.3) is 22.0 Å². The van der Waals surface area contributed by atoms with Crippen molar-refractivity contribution in [2.45, 2.75) is 6.92 Å². The van der Waals surface area contributed by atoms with E-state index < -0.39 is 10.9 Å². The number of non-ortho nitro benzene ring substituents is 1. The highest BCUT2D eigenvalue weighted by Crippen LogP contribution is 2.35. The molecule has 0 spiro atoms. The monoisotopic (exact) mass is 335 g/mol. The summed E-state index contributed by atoms with van der Waals surface area (Å²) in [5.41, 5.74) is 2.14. The van der Waals surface area contributed by atoms with E-state index in [9.17, 15) is 14.9 Å². The fraction of sp³-hybridized carbons (Fsp3) is 0.111. The molecule has 1 heterocycles. The zero-order chi connectivity index (χ0) is 18.0. The molecule has 0 aliphatic carbocycles. The second kappa shape index (κ2) is 6.45. The second-order valence-corrected chi connectivity index (χ2v) is 5.27. The van der Waals surface area contributed by atoms with E-state index in [0.717, 1.165) is 5.56 Å². The second-order valence-electron chi connectivity index (χ2n) is 5.27. The first kappa shape index (κ1) is 16.2. The molecule has 0 amide bonds. The number of nitro groups is 1. The van der Waals surface area contributed by atoms with Crippen molar-refractivity contribution in [1.29, 1.82) is 5.26 Å². The van der Waals surface area contributed by atoms with Gasteiger partial charge in [-0.05, 0) is 42.3 Å². The third-order valence-corrected chi connectivity index (χ3v) is 3.77. The zero-order valence-corrected chi connectivity index (χ0v) is 13.3. The third kappa shape index (κ3) is 2.93. The number of benzene rings is 2. The number of hydrogen-bond donors (Lipinski definition) is 1. The van der Waals surface area contributed by atoms with Crippen LogP contribution >= 0.6 is 0 Å². The number of aromatic nitrogens is 1. The summed E-state index contributed by atoms with van der Waals surface area (Å²) in [6.07, 6.45) is 0. The Kier molecular flexibility index (Phi) is 4.18. The van der Waals surface area contributed by atoms with Crippen LogP contribution in [0.5, 0.6) is 0 Å². The number of hydrogen-bond acceptors (Lipinski definition) is 5. The number of H-pyrrole nitrogens is 1. The van der Waals surface area contributed by atoms with E-state index in [2.05, 4.69) is 11.1 Å². The van der Waals surface area contributed by atoms with E-state index in [0.29, 0.717) is 16.5 Å². The van der Waals surface area contributed by atoms with Crippen LogP contribution in [-0.2, 0) is 4.74 Å². The average molecular weight is 335 g/mol. The number of rotatable bonds is 4. The highest BCUT2D eigenvalue weighted by atomic mass is 16.6. The number of fused-ring (bicyclic) bond motifs is 1. The van der Waals surface area contributed by atoms with Crippen molar-refractivity contribution in [3.05, 3.63) is 63.8 Å². The van der Waals surface area contributed by atoms with Crippen LogP contribution < -0.4 is 0 Å². The number of ether oxygens (including phenoxy) is 1. The van der Waals surface area contributed by atoms with Gasteiger partial charge in [0.25, 0.3) is 5.69 Å². The fourth-order valence-electron chi connectivity index (χ4n) is 2.68. The van der Waals surface area contributed by atoms with Crippen LogP contribution in [0.4, 0.5) is 5.69 Å². The van der Waals surface area contributed by atoms with Crippen LogP contribution in [0.3, 0.4) is 0 Å². The molecule has 25 heavy (non-hydrogen) atoms. The van der Waals surface area contributed by atoms with Gasteiger partial charge in [0.05, 0.1) is 23.2 Å². The molecule has 3 aromatic rings. The highest BCUT2D eigenvalue weighted by molar-refractivity contribution is 6.04. The topological polar surface area (TPSA) is 109 Å². The molecule has 124 valence electrons. The number of nitrogens with zero attached hydrogens (tertiary/aromatic N) is 2. The molecular weight excluding hydrogens is 322 g/mol. The molecular formula is C18H13N3O4. The molecule has 0 saturated heterocycles. The van der Waals surface area contributed by atoms with E-state index in [1.165, 1.54) is 12.1 Å². The summed E-state index contributed by atoms with van der Waals surface area (Å²) in [5.74, 6) is -0.579. The Balaban J connectivity index is 2.26. The number of esters is 1. The van der Waals surface area contributed by atoms with Crippen molar-refractivity contribution in [2.24, 2.45) is 0 Å². The molecule has 0 saturated carbocycles. The lowest BCUT2D eigenvalue weighted by molar-refractivity contribution is -0.383. The van der Waals surface area contributed by atoms with Gasteiger partial charge in [-0.3, -0.25) is 10.1 Å². The van der Waals surface area contributed by atoms with Crippen molar-refractivity contribution < 1.29 is 14.5 Å². The third-order valence-electron chi connectivity index (χ3n) is 3.77. The smallest absolute Gasteiger partial charge is 0.354 e. The summed E-state index contributed by atoms with van der Waals surface area (Å²) in [5, 5.41) is 20.9. The van der Waals surface area contributed by atoms with Gasteiger partial charge in [-0.2, -0.15) is 5.26 Å². The number of carbonyl (C=O) groups excluding carboxylic acids is 1. The van der Waals surface area contributed by atoms with Crippen LogP contribution in [0.15, 0.2) is 42.5 Å². The summed E-state index contributed by atoms with van der Waals surface area (Å²) in [4.78, 5) is 25.5. The minimum Gasteiger partial charge on any atom is -0.461 e. The molecule has 1 N–H and O–H groups in total. The van der Waals surface area contributed by atoms with Gasteiger partial charge < -0.3 is 9.72 Å². The fourth-order valence-corrected chi connectivity index (χ4v) is 2.68. The summed E-state index contributed by atoms with van der Waals surface area (Å²) in [6.45, 7) is 1.88. The summed E-state index contributed by atoms with van der Waals surface area (Å²) in [6, 6.07) is 13.5. The van der Waals surface area contributed by atoms with Gasteiger partial charge in [0.1, 0.15) is 11.2 Å². The maximum atomic E-state index is 12.0. The van der Waals surface area contributed by atoms with Crippen LogP contribution in [0.1, 0.15) is 23.0 Å². The first-order chi connectivity index (χ1) is 12.0. The molecule has 0 radical (unpaired) electrons. The van der Waals surface area contributed by atoms with Crippen molar-refractivity contribution in [3.63, 3.8) is 0 Å². The predicted octanol–water partition coefficient (Wildman–Crippen LogP) is 3.79. The maximum Gasteiger partial charge on any atom is 0.354 e.